The Hall–Kier alpha value is -2.40. The molecule has 1 aromatic carbocycles. The van der Waals surface area contributed by atoms with Crippen LogP contribution in [0.25, 0.3) is 21.9 Å². The number of nitrogens with two attached hydrogens (primary N) is 1. The van der Waals surface area contributed by atoms with Gasteiger partial charge in [-0.3, -0.25) is 9.48 Å². The Kier molecular flexibility index (Phi) is 3.13. The molecule has 1 saturated carbocycles. The van der Waals surface area contributed by atoms with Crippen LogP contribution in [0.2, 0.25) is 0 Å². The number of nitrogens with zero attached hydrogens (tertiary/aromatic N) is 3. The highest BCUT2D eigenvalue weighted by atomic mass is 16.1. The second kappa shape index (κ2) is 5.06. The number of fused-ring (bicyclic) bond motifs is 1. The Labute approximate surface area is 134 Å². The maximum atomic E-state index is 13.2. The fraction of sp³-hybridized carbons (Fsp3) is 0.333. The molecule has 0 spiro atoms. The average Bonchev–Trinajstić information content (AvgIpc) is 3.27. The molecule has 4 rings (SSSR count). The standard InChI is InChI=1S/C18H20N4O/c1-11(19)16-8-12-4-3-5-15(13-9-20-21(2)10-13)17(12)18(23)22(16)14-6-7-14/h3-5,8-11,14H,6-7,19H2,1-2H3. The summed E-state index contributed by atoms with van der Waals surface area (Å²) in [5.74, 6) is 0. The lowest BCUT2D eigenvalue weighted by Gasteiger charge is -2.17. The quantitative estimate of drug-likeness (QED) is 0.809. The van der Waals surface area contributed by atoms with Crippen LogP contribution in [0, 0.1) is 0 Å². The molecule has 5 nitrogen and oxygen atoms in total. The Morgan fingerprint density at radius 3 is 2.74 bits per heavy atom. The SMILES string of the molecule is CC(N)c1cc2cccc(-c3cnn(C)c3)c2c(=O)n1C1CC1. The van der Waals surface area contributed by atoms with E-state index in [1.807, 2.05) is 42.9 Å². The zero-order chi connectivity index (χ0) is 16.1. The fourth-order valence-electron chi connectivity index (χ4n) is 3.26. The van der Waals surface area contributed by atoms with Crippen LogP contribution in [0.4, 0.5) is 0 Å². The number of aromatic nitrogens is 3. The van der Waals surface area contributed by atoms with E-state index in [1.165, 1.54) is 0 Å². The molecule has 23 heavy (non-hydrogen) atoms. The highest BCUT2D eigenvalue weighted by molar-refractivity contribution is 5.96. The van der Waals surface area contributed by atoms with Gasteiger partial charge in [0.15, 0.2) is 0 Å². The number of benzene rings is 1. The van der Waals surface area contributed by atoms with Crippen molar-refractivity contribution in [1.29, 1.82) is 0 Å². The minimum absolute atomic E-state index is 0.0664. The summed E-state index contributed by atoms with van der Waals surface area (Å²) in [7, 11) is 1.88. The van der Waals surface area contributed by atoms with Gasteiger partial charge in [-0.05, 0) is 36.8 Å². The molecule has 1 atom stereocenters. The first kappa shape index (κ1) is 14.2. The van der Waals surface area contributed by atoms with Crippen molar-refractivity contribution < 1.29 is 0 Å². The zero-order valence-corrected chi connectivity index (χ0v) is 13.4. The second-order valence-electron chi connectivity index (χ2n) is 6.44. The molecule has 118 valence electrons. The fourth-order valence-corrected chi connectivity index (χ4v) is 3.26. The van der Waals surface area contributed by atoms with Crippen LogP contribution in [-0.2, 0) is 7.05 Å². The monoisotopic (exact) mass is 308 g/mol. The van der Waals surface area contributed by atoms with Crippen LogP contribution in [-0.4, -0.2) is 14.3 Å². The van der Waals surface area contributed by atoms with E-state index in [4.69, 9.17) is 5.73 Å². The number of aryl methyl sites for hydroxylation is 1. The Morgan fingerprint density at radius 2 is 2.13 bits per heavy atom. The lowest BCUT2D eigenvalue weighted by Crippen LogP contribution is -2.26. The molecule has 1 fully saturated rings. The van der Waals surface area contributed by atoms with E-state index in [1.54, 1.807) is 10.9 Å². The van der Waals surface area contributed by atoms with Crippen LogP contribution >= 0.6 is 0 Å². The summed E-state index contributed by atoms with van der Waals surface area (Å²) >= 11 is 0. The summed E-state index contributed by atoms with van der Waals surface area (Å²) in [5.41, 5.74) is 9.01. The molecule has 0 saturated heterocycles. The third-order valence-electron chi connectivity index (χ3n) is 4.51. The van der Waals surface area contributed by atoms with Crippen molar-refractivity contribution in [3.63, 3.8) is 0 Å². The van der Waals surface area contributed by atoms with Crippen molar-refractivity contribution >= 4 is 10.8 Å². The molecule has 2 N–H and O–H groups in total. The highest BCUT2D eigenvalue weighted by Crippen LogP contribution is 2.37. The van der Waals surface area contributed by atoms with E-state index in [0.29, 0.717) is 6.04 Å². The van der Waals surface area contributed by atoms with E-state index in [2.05, 4.69) is 11.2 Å². The molecule has 3 aromatic rings. The number of rotatable bonds is 3. The van der Waals surface area contributed by atoms with Gasteiger partial charge < -0.3 is 10.3 Å². The Bertz CT molecular complexity index is 947. The van der Waals surface area contributed by atoms with Crippen molar-refractivity contribution in [2.45, 2.75) is 31.8 Å². The topological polar surface area (TPSA) is 65.8 Å². The number of hydrogen-bond acceptors (Lipinski definition) is 3. The highest BCUT2D eigenvalue weighted by Gasteiger charge is 2.29. The van der Waals surface area contributed by atoms with Gasteiger partial charge in [0.25, 0.3) is 5.56 Å². The Balaban J connectivity index is 2.07. The van der Waals surface area contributed by atoms with Gasteiger partial charge in [0.2, 0.25) is 0 Å². The molecule has 1 unspecified atom stereocenters. The van der Waals surface area contributed by atoms with Crippen LogP contribution in [0.5, 0.6) is 0 Å². The van der Waals surface area contributed by atoms with Gasteiger partial charge in [-0.1, -0.05) is 18.2 Å². The van der Waals surface area contributed by atoms with Crippen LogP contribution in [0.15, 0.2) is 41.5 Å². The molecule has 0 aliphatic heterocycles. The van der Waals surface area contributed by atoms with Gasteiger partial charge in [-0.25, -0.2) is 0 Å². The summed E-state index contributed by atoms with van der Waals surface area (Å²) in [6.07, 6.45) is 5.85. The van der Waals surface area contributed by atoms with E-state index in [0.717, 1.165) is 40.4 Å². The first-order valence-electron chi connectivity index (χ1n) is 7.99. The van der Waals surface area contributed by atoms with Gasteiger partial charge in [0.1, 0.15) is 0 Å². The van der Waals surface area contributed by atoms with Gasteiger partial charge in [0.05, 0.1) is 11.6 Å². The molecule has 2 heterocycles. The van der Waals surface area contributed by atoms with Crippen LogP contribution < -0.4 is 11.3 Å². The predicted octanol–water partition coefficient (Wildman–Crippen LogP) is 2.76. The van der Waals surface area contributed by atoms with Gasteiger partial charge in [0, 0.05) is 36.6 Å². The third kappa shape index (κ3) is 2.28. The van der Waals surface area contributed by atoms with Crippen LogP contribution in [0.1, 0.15) is 37.5 Å². The second-order valence-corrected chi connectivity index (χ2v) is 6.44. The lowest BCUT2D eigenvalue weighted by atomic mass is 10.00. The van der Waals surface area contributed by atoms with E-state index in [-0.39, 0.29) is 11.6 Å². The van der Waals surface area contributed by atoms with Gasteiger partial charge in [-0.15, -0.1) is 0 Å². The maximum absolute atomic E-state index is 13.2. The van der Waals surface area contributed by atoms with E-state index >= 15 is 0 Å². The van der Waals surface area contributed by atoms with Gasteiger partial charge >= 0.3 is 0 Å². The van der Waals surface area contributed by atoms with Crippen molar-refractivity contribution in [3.8, 4) is 11.1 Å². The first-order valence-corrected chi connectivity index (χ1v) is 7.99. The van der Waals surface area contributed by atoms with Crippen molar-refractivity contribution in [3.05, 3.63) is 52.7 Å². The normalized spacial score (nSPS) is 16.0. The third-order valence-corrected chi connectivity index (χ3v) is 4.51. The smallest absolute Gasteiger partial charge is 0.259 e. The molecule has 1 aliphatic rings. The molecule has 2 aromatic heterocycles. The lowest BCUT2D eigenvalue weighted by molar-refractivity contribution is 0.620. The minimum Gasteiger partial charge on any atom is -0.323 e. The molecule has 0 amide bonds. The number of hydrogen-bond donors (Lipinski definition) is 1. The largest absolute Gasteiger partial charge is 0.323 e. The zero-order valence-electron chi connectivity index (χ0n) is 13.4. The summed E-state index contributed by atoms with van der Waals surface area (Å²) in [5, 5.41) is 5.94. The summed E-state index contributed by atoms with van der Waals surface area (Å²) < 4.78 is 3.66. The summed E-state index contributed by atoms with van der Waals surface area (Å²) in [6.45, 7) is 1.93. The van der Waals surface area contributed by atoms with Gasteiger partial charge in [-0.2, -0.15) is 5.10 Å². The predicted molar refractivity (Wildman–Crippen MR) is 91.3 cm³/mol. The molecular formula is C18H20N4O. The molecule has 0 radical (unpaired) electrons. The molecule has 0 bridgehead atoms. The van der Waals surface area contributed by atoms with Crippen molar-refractivity contribution in [2.24, 2.45) is 12.8 Å². The van der Waals surface area contributed by atoms with Crippen molar-refractivity contribution in [2.75, 3.05) is 0 Å². The number of pyridine rings is 1. The van der Waals surface area contributed by atoms with Crippen LogP contribution in [0.3, 0.4) is 0 Å². The molecular weight excluding hydrogens is 288 g/mol. The minimum atomic E-state index is -0.158. The summed E-state index contributed by atoms with van der Waals surface area (Å²) in [4.78, 5) is 13.2. The maximum Gasteiger partial charge on any atom is 0.259 e. The molecule has 5 heteroatoms. The van der Waals surface area contributed by atoms with E-state index < -0.39 is 0 Å². The summed E-state index contributed by atoms with van der Waals surface area (Å²) in [6, 6.07) is 8.17. The van der Waals surface area contributed by atoms with E-state index in [9.17, 15) is 4.79 Å². The Morgan fingerprint density at radius 1 is 1.35 bits per heavy atom. The average molecular weight is 308 g/mol. The van der Waals surface area contributed by atoms with Crippen molar-refractivity contribution in [1.82, 2.24) is 14.3 Å². The molecule has 1 aliphatic carbocycles. The first-order chi connectivity index (χ1) is 11.1.